The van der Waals surface area contributed by atoms with Crippen LogP contribution in [0.2, 0.25) is 0 Å². The number of carboxylic acid groups (broad SMARTS) is 1. The van der Waals surface area contributed by atoms with Crippen molar-refractivity contribution >= 4 is 11.9 Å². The van der Waals surface area contributed by atoms with Crippen LogP contribution in [0, 0.1) is 0 Å². The van der Waals surface area contributed by atoms with Gasteiger partial charge in [0.2, 0.25) is 0 Å². The molecule has 0 spiro atoms. The topological polar surface area (TPSA) is 57.6 Å². The maximum Gasteiger partial charge on any atom is 0.326 e. The van der Waals surface area contributed by atoms with Crippen molar-refractivity contribution < 1.29 is 14.7 Å². The molecule has 1 saturated heterocycles. The summed E-state index contributed by atoms with van der Waals surface area (Å²) < 4.78 is 0. The van der Waals surface area contributed by atoms with Crippen LogP contribution in [-0.2, 0) is 4.79 Å². The molecular formula is C19H19NO3. The number of benzene rings is 2. The van der Waals surface area contributed by atoms with Crippen molar-refractivity contribution in [3.8, 4) is 11.1 Å². The number of carboxylic acids is 1. The van der Waals surface area contributed by atoms with Gasteiger partial charge in [0.25, 0.3) is 5.91 Å². The van der Waals surface area contributed by atoms with Gasteiger partial charge in [0.15, 0.2) is 0 Å². The second-order valence-electron chi connectivity index (χ2n) is 5.79. The molecule has 4 heteroatoms. The van der Waals surface area contributed by atoms with Crippen molar-refractivity contribution in [3.05, 3.63) is 60.2 Å². The van der Waals surface area contributed by atoms with E-state index in [2.05, 4.69) is 0 Å². The predicted octanol–water partition coefficient (Wildman–Crippen LogP) is 3.43. The molecule has 3 rings (SSSR count). The Morgan fingerprint density at radius 1 is 0.913 bits per heavy atom. The second kappa shape index (κ2) is 6.65. The molecule has 4 nitrogen and oxygen atoms in total. The van der Waals surface area contributed by atoms with E-state index in [4.69, 9.17) is 0 Å². The summed E-state index contributed by atoms with van der Waals surface area (Å²) in [5.74, 6) is -1.12. The average molecular weight is 309 g/mol. The van der Waals surface area contributed by atoms with E-state index < -0.39 is 12.0 Å². The van der Waals surface area contributed by atoms with Crippen LogP contribution in [0.3, 0.4) is 0 Å². The molecule has 1 N–H and O–H groups in total. The van der Waals surface area contributed by atoms with Gasteiger partial charge in [-0.3, -0.25) is 4.79 Å². The Hall–Kier alpha value is -2.62. The van der Waals surface area contributed by atoms with E-state index in [1.807, 2.05) is 42.5 Å². The summed E-state index contributed by atoms with van der Waals surface area (Å²) >= 11 is 0. The van der Waals surface area contributed by atoms with Crippen molar-refractivity contribution in [2.45, 2.75) is 25.3 Å². The molecule has 1 amide bonds. The van der Waals surface area contributed by atoms with Crippen LogP contribution in [0.15, 0.2) is 54.6 Å². The number of likely N-dealkylation sites (tertiary alicyclic amines) is 1. The van der Waals surface area contributed by atoms with E-state index in [0.717, 1.165) is 24.0 Å². The maximum absolute atomic E-state index is 12.6. The lowest BCUT2D eigenvalue weighted by Crippen LogP contribution is -2.47. The van der Waals surface area contributed by atoms with Crippen LogP contribution in [0.5, 0.6) is 0 Å². The summed E-state index contributed by atoms with van der Waals surface area (Å²) in [4.78, 5) is 25.5. The van der Waals surface area contributed by atoms with E-state index in [0.29, 0.717) is 18.5 Å². The highest BCUT2D eigenvalue weighted by Crippen LogP contribution is 2.23. The van der Waals surface area contributed by atoms with Gasteiger partial charge in [0.1, 0.15) is 6.04 Å². The highest BCUT2D eigenvalue weighted by Gasteiger charge is 2.32. The third kappa shape index (κ3) is 3.26. The molecule has 1 atom stereocenters. The zero-order valence-electron chi connectivity index (χ0n) is 12.8. The number of piperidine rings is 1. The Balaban J connectivity index is 1.81. The molecule has 118 valence electrons. The van der Waals surface area contributed by atoms with E-state index in [1.165, 1.54) is 4.90 Å². The van der Waals surface area contributed by atoms with Crippen LogP contribution >= 0.6 is 0 Å². The van der Waals surface area contributed by atoms with Gasteiger partial charge >= 0.3 is 5.97 Å². The van der Waals surface area contributed by atoms with E-state index in [9.17, 15) is 14.7 Å². The minimum Gasteiger partial charge on any atom is -0.480 e. The number of carbonyl (C=O) groups excluding carboxylic acids is 1. The Bertz CT molecular complexity index is 694. The Labute approximate surface area is 135 Å². The highest BCUT2D eigenvalue weighted by atomic mass is 16.4. The van der Waals surface area contributed by atoms with E-state index in [-0.39, 0.29) is 5.91 Å². The third-order valence-corrected chi connectivity index (χ3v) is 4.29. The Morgan fingerprint density at radius 2 is 1.57 bits per heavy atom. The molecule has 0 aromatic heterocycles. The lowest BCUT2D eigenvalue weighted by Gasteiger charge is -2.33. The standard InChI is InChI=1S/C19H19NO3/c21-18(20-13-5-4-8-17(20)19(22)23)16-11-9-15(10-12-16)14-6-2-1-3-7-14/h1-3,6-7,9-12,17H,4-5,8,13H2,(H,22,23). The molecule has 1 fully saturated rings. The van der Waals surface area contributed by atoms with Crippen molar-refractivity contribution in [2.75, 3.05) is 6.54 Å². The molecule has 1 aliphatic heterocycles. The van der Waals surface area contributed by atoms with Crippen molar-refractivity contribution in [1.29, 1.82) is 0 Å². The summed E-state index contributed by atoms with van der Waals surface area (Å²) in [5, 5.41) is 9.30. The van der Waals surface area contributed by atoms with Crippen molar-refractivity contribution in [1.82, 2.24) is 4.90 Å². The minimum absolute atomic E-state index is 0.197. The maximum atomic E-state index is 12.6. The van der Waals surface area contributed by atoms with Gasteiger partial charge in [-0.05, 0) is 42.5 Å². The van der Waals surface area contributed by atoms with Gasteiger partial charge in [0.05, 0.1) is 0 Å². The molecule has 1 heterocycles. The highest BCUT2D eigenvalue weighted by molar-refractivity contribution is 5.97. The fourth-order valence-electron chi connectivity index (χ4n) is 3.03. The van der Waals surface area contributed by atoms with Gasteiger partial charge in [-0.15, -0.1) is 0 Å². The fraction of sp³-hybridized carbons (Fsp3) is 0.263. The summed E-state index contributed by atoms with van der Waals surface area (Å²) in [5.41, 5.74) is 2.67. The largest absolute Gasteiger partial charge is 0.480 e. The second-order valence-corrected chi connectivity index (χ2v) is 5.79. The van der Waals surface area contributed by atoms with Gasteiger partial charge in [-0.25, -0.2) is 4.79 Å². The van der Waals surface area contributed by atoms with E-state index >= 15 is 0 Å². The van der Waals surface area contributed by atoms with Gasteiger partial charge in [-0.1, -0.05) is 42.5 Å². The fourth-order valence-corrected chi connectivity index (χ4v) is 3.03. The normalized spacial score (nSPS) is 17.7. The first kappa shape index (κ1) is 15.3. The predicted molar refractivity (Wildman–Crippen MR) is 88.2 cm³/mol. The molecular weight excluding hydrogens is 290 g/mol. The molecule has 2 aromatic rings. The number of nitrogens with zero attached hydrogens (tertiary/aromatic N) is 1. The summed E-state index contributed by atoms with van der Waals surface area (Å²) in [6, 6.07) is 16.6. The number of amides is 1. The Morgan fingerprint density at radius 3 is 2.22 bits per heavy atom. The minimum atomic E-state index is -0.918. The first-order valence-electron chi connectivity index (χ1n) is 7.86. The molecule has 1 aliphatic rings. The zero-order chi connectivity index (χ0) is 16.2. The third-order valence-electron chi connectivity index (χ3n) is 4.29. The first-order valence-corrected chi connectivity index (χ1v) is 7.86. The summed E-state index contributed by atoms with van der Waals surface area (Å²) in [6.07, 6.45) is 2.24. The monoisotopic (exact) mass is 309 g/mol. The van der Waals surface area contributed by atoms with Crippen LogP contribution in [0.4, 0.5) is 0 Å². The summed E-state index contributed by atoms with van der Waals surface area (Å²) in [6.45, 7) is 0.510. The number of aliphatic carboxylic acids is 1. The molecule has 2 aromatic carbocycles. The lowest BCUT2D eigenvalue weighted by atomic mass is 9.99. The van der Waals surface area contributed by atoms with Gasteiger partial charge < -0.3 is 10.0 Å². The van der Waals surface area contributed by atoms with Gasteiger partial charge in [0, 0.05) is 12.1 Å². The molecule has 0 radical (unpaired) electrons. The smallest absolute Gasteiger partial charge is 0.326 e. The molecule has 0 bridgehead atoms. The quantitative estimate of drug-likeness (QED) is 0.945. The molecule has 0 saturated carbocycles. The SMILES string of the molecule is O=C(O)C1CCCCN1C(=O)c1ccc(-c2ccccc2)cc1. The Kier molecular flexibility index (Phi) is 4.42. The van der Waals surface area contributed by atoms with Crippen LogP contribution in [0.1, 0.15) is 29.6 Å². The number of hydrogen-bond donors (Lipinski definition) is 1. The van der Waals surface area contributed by atoms with Gasteiger partial charge in [-0.2, -0.15) is 0 Å². The molecule has 1 unspecified atom stereocenters. The lowest BCUT2D eigenvalue weighted by molar-refractivity contribution is -0.143. The molecule has 0 aliphatic carbocycles. The first-order chi connectivity index (χ1) is 11.2. The van der Waals surface area contributed by atoms with Crippen LogP contribution < -0.4 is 0 Å². The summed E-state index contributed by atoms with van der Waals surface area (Å²) in [7, 11) is 0. The van der Waals surface area contributed by atoms with E-state index in [1.54, 1.807) is 12.1 Å². The molecule has 23 heavy (non-hydrogen) atoms. The number of rotatable bonds is 3. The number of hydrogen-bond acceptors (Lipinski definition) is 2. The number of carbonyl (C=O) groups is 2. The average Bonchev–Trinajstić information content (AvgIpc) is 2.62. The van der Waals surface area contributed by atoms with Crippen LogP contribution in [0.25, 0.3) is 11.1 Å². The van der Waals surface area contributed by atoms with Crippen molar-refractivity contribution in [2.24, 2.45) is 0 Å². The van der Waals surface area contributed by atoms with Crippen molar-refractivity contribution in [3.63, 3.8) is 0 Å². The van der Waals surface area contributed by atoms with Crippen LogP contribution in [-0.4, -0.2) is 34.5 Å². The zero-order valence-corrected chi connectivity index (χ0v) is 12.8.